The molecule has 1 amide bonds. The van der Waals surface area contributed by atoms with Crippen molar-refractivity contribution >= 4 is 50.1 Å². The van der Waals surface area contributed by atoms with E-state index in [1.54, 1.807) is 0 Å². The number of halogens is 1. The Morgan fingerprint density at radius 2 is 2.22 bits per heavy atom. The molecule has 3 N–H and O–H groups in total. The largest absolute Gasteiger partial charge is 0.360 e. The lowest BCUT2D eigenvalue weighted by Gasteiger charge is -2.06. The third-order valence-electron chi connectivity index (χ3n) is 3.03. The van der Waals surface area contributed by atoms with Crippen molar-refractivity contribution in [1.29, 1.82) is 0 Å². The number of nitrogens with one attached hydrogen (secondary N) is 3. The molecule has 1 saturated heterocycles. The van der Waals surface area contributed by atoms with E-state index in [0.29, 0.717) is 11.5 Å². The summed E-state index contributed by atoms with van der Waals surface area (Å²) in [6.07, 6.45) is 2.55. The van der Waals surface area contributed by atoms with Gasteiger partial charge in [0.25, 0.3) is 0 Å². The summed E-state index contributed by atoms with van der Waals surface area (Å²) < 4.78 is 1.02. The average molecular weight is 324 g/mol. The maximum absolute atomic E-state index is 11.6. The van der Waals surface area contributed by atoms with Crippen LogP contribution in [0, 0.1) is 0 Å². The number of hydrogen-bond donors (Lipinski definition) is 3. The number of para-hydroxylation sites is 1. The molecule has 2 heterocycles. The molecular formula is C12H10BrN3OS. The van der Waals surface area contributed by atoms with Crippen LogP contribution in [-0.4, -0.2) is 22.0 Å². The Hall–Kier alpha value is -1.40. The molecule has 1 aromatic carbocycles. The first-order valence-electron chi connectivity index (χ1n) is 5.51. The summed E-state index contributed by atoms with van der Waals surface area (Å²) in [6, 6.07) is 5.72. The van der Waals surface area contributed by atoms with E-state index in [1.165, 1.54) is 0 Å². The lowest BCUT2D eigenvalue weighted by Crippen LogP contribution is -2.30. The van der Waals surface area contributed by atoms with Crippen molar-refractivity contribution < 1.29 is 4.79 Å². The van der Waals surface area contributed by atoms with Crippen molar-refractivity contribution in [2.24, 2.45) is 0 Å². The molecule has 4 nitrogen and oxygen atoms in total. The Morgan fingerprint density at radius 1 is 1.39 bits per heavy atom. The second kappa shape index (κ2) is 4.37. The fourth-order valence-electron chi connectivity index (χ4n) is 2.17. The quantitative estimate of drug-likeness (QED) is 0.739. The molecule has 18 heavy (non-hydrogen) atoms. The second-order valence-corrected chi connectivity index (χ2v) is 5.46. The van der Waals surface area contributed by atoms with Gasteiger partial charge in [-0.15, -0.1) is 0 Å². The zero-order valence-electron chi connectivity index (χ0n) is 9.29. The number of aromatic amines is 1. The number of rotatable bonds is 2. The summed E-state index contributed by atoms with van der Waals surface area (Å²) in [5, 5.41) is 7.10. The monoisotopic (exact) mass is 323 g/mol. The molecular weight excluding hydrogens is 314 g/mol. The molecule has 1 atom stereocenters. The van der Waals surface area contributed by atoms with Crippen molar-refractivity contribution in [2.45, 2.75) is 12.5 Å². The number of aromatic nitrogens is 1. The van der Waals surface area contributed by atoms with Crippen molar-refractivity contribution in [3.8, 4) is 0 Å². The highest BCUT2D eigenvalue weighted by molar-refractivity contribution is 9.10. The number of carbonyl (C=O) groups is 1. The van der Waals surface area contributed by atoms with Crippen LogP contribution in [0.2, 0.25) is 0 Å². The van der Waals surface area contributed by atoms with Crippen LogP contribution < -0.4 is 10.6 Å². The fraction of sp³-hybridized carbons (Fsp3) is 0.167. The normalized spacial score (nSPS) is 19.1. The molecule has 2 aromatic rings. The highest BCUT2D eigenvalue weighted by atomic mass is 79.9. The van der Waals surface area contributed by atoms with Crippen molar-refractivity contribution in [1.82, 2.24) is 15.6 Å². The van der Waals surface area contributed by atoms with Gasteiger partial charge in [-0.1, -0.05) is 12.1 Å². The SMILES string of the molecule is O=C1NC(=S)NC1Cc1c[nH]c2c(Br)cccc12. The molecule has 0 spiro atoms. The lowest BCUT2D eigenvalue weighted by molar-refractivity contribution is -0.120. The van der Waals surface area contributed by atoms with Crippen LogP contribution in [0.15, 0.2) is 28.9 Å². The standard InChI is InChI=1S/C12H10BrN3OS/c13-8-3-1-2-7-6(5-14-10(7)8)4-9-11(17)16-12(18)15-9/h1-3,5,9,14H,4H2,(H2,15,16,17,18). The van der Waals surface area contributed by atoms with Crippen molar-refractivity contribution in [3.63, 3.8) is 0 Å². The maximum atomic E-state index is 11.6. The lowest BCUT2D eigenvalue weighted by atomic mass is 10.1. The predicted molar refractivity (Wildman–Crippen MR) is 77.4 cm³/mol. The number of H-pyrrole nitrogens is 1. The summed E-state index contributed by atoms with van der Waals surface area (Å²) in [5.74, 6) is -0.0654. The van der Waals surface area contributed by atoms with Gasteiger partial charge < -0.3 is 15.6 Å². The van der Waals surface area contributed by atoms with E-state index < -0.39 is 0 Å². The zero-order valence-corrected chi connectivity index (χ0v) is 11.7. The topological polar surface area (TPSA) is 56.9 Å². The Kier molecular flexibility index (Phi) is 2.83. The fourth-order valence-corrected chi connectivity index (χ4v) is 2.89. The Bertz CT molecular complexity index is 652. The summed E-state index contributed by atoms with van der Waals surface area (Å²) in [7, 11) is 0. The Balaban J connectivity index is 1.94. The van der Waals surface area contributed by atoms with Crippen LogP contribution in [0.25, 0.3) is 10.9 Å². The summed E-state index contributed by atoms with van der Waals surface area (Å²) in [5.41, 5.74) is 2.15. The van der Waals surface area contributed by atoms with Gasteiger partial charge in [-0.2, -0.15) is 0 Å². The Morgan fingerprint density at radius 3 is 2.94 bits per heavy atom. The van der Waals surface area contributed by atoms with Gasteiger partial charge in [0.15, 0.2) is 5.11 Å². The molecule has 92 valence electrons. The highest BCUT2D eigenvalue weighted by Gasteiger charge is 2.27. The van der Waals surface area contributed by atoms with Crippen molar-refractivity contribution in [2.75, 3.05) is 0 Å². The van der Waals surface area contributed by atoms with Gasteiger partial charge in [-0.3, -0.25) is 4.79 Å². The van der Waals surface area contributed by atoms with Gasteiger partial charge in [0.2, 0.25) is 5.91 Å². The zero-order chi connectivity index (χ0) is 12.7. The molecule has 0 saturated carbocycles. The summed E-state index contributed by atoms with van der Waals surface area (Å²) >= 11 is 8.42. The van der Waals surface area contributed by atoms with E-state index in [4.69, 9.17) is 12.2 Å². The molecule has 1 unspecified atom stereocenters. The van der Waals surface area contributed by atoms with Gasteiger partial charge >= 0.3 is 0 Å². The first kappa shape index (κ1) is 11.7. The number of amides is 1. The van der Waals surface area contributed by atoms with Crippen LogP contribution in [-0.2, 0) is 11.2 Å². The van der Waals surface area contributed by atoms with E-state index in [0.717, 1.165) is 20.9 Å². The number of thiocarbonyl (C=S) groups is 1. The highest BCUT2D eigenvalue weighted by Crippen LogP contribution is 2.26. The third kappa shape index (κ3) is 1.91. The minimum atomic E-state index is -0.282. The van der Waals surface area contributed by atoms with E-state index in [9.17, 15) is 4.79 Å². The summed E-state index contributed by atoms with van der Waals surface area (Å²) in [4.78, 5) is 14.9. The van der Waals surface area contributed by atoms with E-state index in [2.05, 4.69) is 31.5 Å². The van der Waals surface area contributed by atoms with Crippen LogP contribution in [0.1, 0.15) is 5.56 Å². The molecule has 0 bridgehead atoms. The first-order chi connectivity index (χ1) is 8.65. The molecule has 0 aliphatic carbocycles. The molecule has 1 aliphatic heterocycles. The Labute approximate surface area is 117 Å². The van der Waals surface area contributed by atoms with Crippen LogP contribution in [0.5, 0.6) is 0 Å². The number of hydrogen-bond acceptors (Lipinski definition) is 2. The maximum Gasteiger partial charge on any atom is 0.249 e. The molecule has 3 rings (SSSR count). The third-order valence-corrected chi connectivity index (χ3v) is 3.91. The molecule has 1 aromatic heterocycles. The van der Waals surface area contributed by atoms with Crippen molar-refractivity contribution in [3.05, 3.63) is 34.4 Å². The van der Waals surface area contributed by atoms with Crippen LogP contribution >= 0.6 is 28.1 Å². The minimum absolute atomic E-state index is 0.0654. The van der Waals surface area contributed by atoms with E-state index in [1.807, 2.05) is 24.4 Å². The average Bonchev–Trinajstić information content (AvgIpc) is 2.86. The van der Waals surface area contributed by atoms with Gasteiger partial charge in [0, 0.05) is 22.5 Å². The van der Waals surface area contributed by atoms with Gasteiger partial charge in [0.1, 0.15) is 6.04 Å². The summed E-state index contributed by atoms with van der Waals surface area (Å²) in [6.45, 7) is 0. The van der Waals surface area contributed by atoms with E-state index >= 15 is 0 Å². The smallest absolute Gasteiger partial charge is 0.249 e. The first-order valence-corrected chi connectivity index (χ1v) is 6.71. The molecule has 1 fully saturated rings. The number of benzene rings is 1. The molecule has 0 radical (unpaired) electrons. The van der Waals surface area contributed by atoms with E-state index in [-0.39, 0.29) is 11.9 Å². The number of fused-ring (bicyclic) bond motifs is 1. The molecule has 6 heteroatoms. The predicted octanol–water partition coefficient (Wildman–Crippen LogP) is 1.85. The second-order valence-electron chi connectivity index (χ2n) is 4.20. The van der Waals surface area contributed by atoms with Gasteiger partial charge in [-0.05, 0) is 39.8 Å². The van der Waals surface area contributed by atoms with Crippen LogP contribution in [0.4, 0.5) is 0 Å². The van der Waals surface area contributed by atoms with Gasteiger partial charge in [-0.25, -0.2) is 0 Å². The number of carbonyl (C=O) groups excluding carboxylic acids is 1. The van der Waals surface area contributed by atoms with Gasteiger partial charge in [0.05, 0.1) is 5.52 Å². The molecule has 1 aliphatic rings. The minimum Gasteiger partial charge on any atom is -0.360 e. The van der Waals surface area contributed by atoms with Crippen LogP contribution in [0.3, 0.4) is 0 Å².